The molecule has 0 radical (unpaired) electrons. The van der Waals surface area contributed by atoms with E-state index < -0.39 is 0 Å². The summed E-state index contributed by atoms with van der Waals surface area (Å²) in [5.41, 5.74) is 0. The number of rotatable bonds is 5. The van der Waals surface area contributed by atoms with E-state index in [2.05, 4.69) is 20.4 Å². The van der Waals surface area contributed by atoms with Gasteiger partial charge in [-0.3, -0.25) is 4.79 Å². The summed E-state index contributed by atoms with van der Waals surface area (Å²) in [6.45, 7) is 2.89. The normalized spacial score (nSPS) is 10.7. The van der Waals surface area contributed by atoms with Crippen LogP contribution in [0.5, 0.6) is 0 Å². The Morgan fingerprint density at radius 3 is 3.11 bits per heavy atom. The number of hydrogen-bond donors (Lipinski definition) is 1. The Hall–Kier alpha value is -1.89. The Kier molecular flexibility index (Phi) is 4.16. The summed E-state index contributed by atoms with van der Waals surface area (Å²) in [6, 6.07) is 1.65. The van der Waals surface area contributed by atoms with Gasteiger partial charge in [-0.2, -0.15) is 19.6 Å². The summed E-state index contributed by atoms with van der Waals surface area (Å²) < 4.78 is 1.54. The van der Waals surface area contributed by atoms with Crippen molar-refractivity contribution in [2.24, 2.45) is 0 Å². The first-order valence-corrected chi connectivity index (χ1v) is 6.33. The van der Waals surface area contributed by atoms with E-state index in [9.17, 15) is 4.79 Å². The molecular weight excluding hydrogens is 268 g/mol. The van der Waals surface area contributed by atoms with Crippen molar-refractivity contribution in [3.8, 4) is 0 Å². The Labute approximate surface area is 115 Å². The van der Waals surface area contributed by atoms with Crippen molar-refractivity contribution in [3.05, 3.63) is 17.5 Å². The third-order valence-electron chi connectivity index (χ3n) is 2.55. The van der Waals surface area contributed by atoms with E-state index in [1.165, 1.54) is 6.33 Å². The van der Waals surface area contributed by atoms with Crippen molar-refractivity contribution in [2.75, 3.05) is 25.0 Å². The molecule has 0 aliphatic rings. The van der Waals surface area contributed by atoms with Gasteiger partial charge in [-0.05, 0) is 6.42 Å². The summed E-state index contributed by atoms with van der Waals surface area (Å²) in [5, 5.41) is 7.19. The van der Waals surface area contributed by atoms with Gasteiger partial charge < -0.3 is 10.2 Å². The van der Waals surface area contributed by atoms with Gasteiger partial charge in [0.05, 0.1) is 6.54 Å². The lowest BCUT2D eigenvalue weighted by molar-refractivity contribution is -0.119. The molecule has 2 rings (SSSR count). The molecule has 0 unspecified atom stereocenters. The molecule has 0 saturated heterocycles. The van der Waals surface area contributed by atoms with Gasteiger partial charge in [-0.25, -0.2) is 0 Å². The van der Waals surface area contributed by atoms with Crippen molar-refractivity contribution < 1.29 is 4.79 Å². The SMILES string of the molecule is CCCNC(=O)CN(C)c1cc(Cl)nc2ncnn12. The van der Waals surface area contributed by atoms with E-state index in [0.717, 1.165) is 6.42 Å². The average Bonchev–Trinajstić information content (AvgIpc) is 2.83. The second kappa shape index (κ2) is 5.83. The maximum atomic E-state index is 11.7. The maximum Gasteiger partial charge on any atom is 0.255 e. The molecule has 0 fully saturated rings. The van der Waals surface area contributed by atoms with E-state index in [1.807, 2.05) is 6.92 Å². The van der Waals surface area contributed by atoms with Crippen LogP contribution in [0.3, 0.4) is 0 Å². The highest BCUT2D eigenvalue weighted by Gasteiger charge is 2.13. The molecule has 19 heavy (non-hydrogen) atoms. The molecule has 8 heteroatoms. The zero-order valence-electron chi connectivity index (χ0n) is 10.8. The Bertz CT molecular complexity index is 584. The van der Waals surface area contributed by atoms with Gasteiger partial charge >= 0.3 is 0 Å². The van der Waals surface area contributed by atoms with Crippen molar-refractivity contribution in [1.82, 2.24) is 24.9 Å². The highest BCUT2D eigenvalue weighted by molar-refractivity contribution is 6.29. The van der Waals surface area contributed by atoms with Crippen LogP contribution in [0.25, 0.3) is 5.78 Å². The number of hydrogen-bond acceptors (Lipinski definition) is 5. The average molecular weight is 283 g/mol. The molecule has 0 aliphatic carbocycles. The lowest BCUT2D eigenvalue weighted by atomic mass is 10.4. The van der Waals surface area contributed by atoms with E-state index in [-0.39, 0.29) is 12.5 Å². The van der Waals surface area contributed by atoms with Crippen LogP contribution in [-0.2, 0) is 4.79 Å². The summed E-state index contributed by atoms with van der Waals surface area (Å²) >= 11 is 5.93. The Balaban J connectivity index is 2.18. The number of halogens is 1. The fourth-order valence-electron chi connectivity index (χ4n) is 1.66. The molecule has 102 valence electrons. The number of likely N-dealkylation sites (N-methyl/N-ethyl adjacent to an activating group) is 1. The van der Waals surface area contributed by atoms with E-state index >= 15 is 0 Å². The highest BCUT2D eigenvalue weighted by Crippen LogP contribution is 2.17. The van der Waals surface area contributed by atoms with Crippen molar-refractivity contribution in [1.29, 1.82) is 0 Å². The molecule has 0 aromatic carbocycles. The van der Waals surface area contributed by atoms with Gasteiger partial charge in [0.25, 0.3) is 5.78 Å². The molecule has 0 saturated carbocycles. The number of nitrogens with one attached hydrogen (secondary N) is 1. The number of nitrogens with zero attached hydrogens (tertiary/aromatic N) is 5. The van der Waals surface area contributed by atoms with Crippen LogP contribution in [0.1, 0.15) is 13.3 Å². The third kappa shape index (κ3) is 3.11. The molecule has 1 N–H and O–H groups in total. The monoisotopic (exact) mass is 282 g/mol. The molecule has 2 aromatic heterocycles. The number of carbonyl (C=O) groups is 1. The quantitative estimate of drug-likeness (QED) is 0.819. The van der Waals surface area contributed by atoms with Gasteiger partial charge in [0.15, 0.2) is 0 Å². The van der Waals surface area contributed by atoms with E-state index in [1.54, 1.807) is 22.5 Å². The third-order valence-corrected chi connectivity index (χ3v) is 2.74. The minimum Gasteiger partial charge on any atom is -0.355 e. The molecule has 0 atom stereocenters. The summed E-state index contributed by atoms with van der Waals surface area (Å²) in [5.74, 6) is 1.02. The standard InChI is InChI=1S/C11H15ClN6O/c1-3-4-13-9(19)6-17(2)10-5-8(12)16-11-14-7-15-18(10)11/h5,7H,3-4,6H2,1-2H3,(H,13,19). The van der Waals surface area contributed by atoms with E-state index in [4.69, 9.17) is 11.6 Å². The van der Waals surface area contributed by atoms with Gasteiger partial charge in [-0.1, -0.05) is 18.5 Å². The zero-order valence-corrected chi connectivity index (χ0v) is 11.6. The number of carbonyl (C=O) groups excluding carboxylic acids is 1. The van der Waals surface area contributed by atoms with E-state index in [0.29, 0.717) is 23.3 Å². The van der Waals surface area contributed by atoms with Gasteiger partial charge in [0.2, 0.25) is 5.91 Å². The summed E-state index contributed by atoms with van der Waals surface area (Å²) in [4.78, 5) is 21.5. The predicted octanol–water partition coefficient (Wildman–Crippen LogP) is 0.740. The van der Waals surface area contributed by atoms with Gasteiger partial charge in [-0.15, -0.1) is 0 Å². The molecule has 7 nitrogen and oxygen atoms in total. The first-order chi connectivity index (χ1) is 9.11. The fraction of sp³-hybridized carbons (Fsp3) is 0.455. The first kappa shape index (κ1) is 13.5. The number of anilines is 1. The van der Waals surface area contributed by atoms with Crippen LogP contribution < -0.4 is 10.2 Å². The van der Waals surface area contributed by atoms with Crippen LogP contribution in [0.2, 0.25) is 5.15 Å². The molecule has 0 aliphatic heterocycles. The zero-order chi connectivity index (χ0) is 13.8. The molecule has 0 bridgehead atoms. The number of aromatic nitrogens is 4. The van der Waals surface area contributed by atoms with Crippen LogP contribution in [0.4, 0.5) is 5.82 Å². The maximum absolute atomic E-state index is 11.7. The van der Waals surface area contributed by atoms with Crippen molar-refractivity contribution in [2.45, 2.75) is 13.3 Å². The van der Waals surface area contributed by atoms with Crippen LogP contribution >= 0.6 is 11.6 Å². The summed E-state index contributed by atoms with van der Waals surface area (Å²) in [7, 11) is 1.79. The van der Waals surface area contributed by atoms with Crippen LogP contribution in [-0.4, -0.2) is 45.6 Å². The molecular formula is C11H15ClN6O. The lowest BCUT2D eigenvalue weighted by Crippen LogP contribution is -2.36. The van der Waals surface area contributed by atoms with Crippen LogP contribution in [0, 0.1) is 0 Å². The molecule has 2 aromatic rings. The smallest absolute Gasteiger partial charge is 0.255 e. The minimum absolute atomic E-state index is 0.0504. The lowest BCUT2D eigenvalue weighted by Gasteiger charge is -2.19. The topological polar surface area (TPSA) is 75.4 Å². The Morgan fingerprint density at radius 1 is 1.58 bits per heavy atom. The summed E-state index contributed by atoms with van der Waals surface area (Å²) in [6.07, 6.45) is 2.30. The van der Waals surface area contributed by atoms with Crippen LogP contribution in [0.15, 0.2) is 12.4 Å². The predicted molar refractivity (Wildman–Crippen MR) is 72.4 cm³/mol. The Morgan fingerprint density at radius 2 is 2.37 bits per heavy atom. The fourth-order valence-corrected chi connectivity index (χ4v) is 1.83. The number of fused-ring (bicyclic) bond motifs is 1. The minimum atomic E-state index is -0.0504. The molecule has 0 spiro atoms. The largest absolute Gasteiger partial charge is 0.355 e. The second-order valence-corrected chi connectivity index (χ2v) is 4.50. The molecule has 1 amide bonds. The highest BCUT2D eigenvalue weighted by atomic mass is 35.5. The van der Waals surface area contributed by atoms with Crippen molar-refractivity contribution in [3.63, 3.8) is 0 Å². The first-order valence-electron chi connectivity index (χ1n) is 5.96. The van der Waals surface area contributed by atoms with Gasteiger partial charge in [0, 0.05) is 19.7 Å². The van der Waals surface area contributed by atoms with Gasteiger partial charge in [0.1, 0.15) is 17.3 Å². The number of amides is 1. The van der Waals surface area contributed by atoms with Crippen molar-refractivity contribution >= 4 is 29.1 Å². The molecule has 2 heterocycles. The second-order valence-electron chi connectivity index (χ2n) is 4.11.